The van der Waals surface area contributed by atoms with Crippen molar-refractivity contribution in [3.63, 3.8) is 0 Å². The molecule has 1 aliphatic carbocycles. The molecule has 3 rings (SSSR count). The van der Waals surface area contributed by atoms with Gasteiger partial charge < -0.3 is 0 Å². The molecule has 0 aromatic carbocycles. The Kier molecular flexibility index (Phi) is 3.18. The average Bonchev–Trinajstić information content (AvgIpc) is 2.94. The predicted molar refractivity (Wildman–Crippen MR) is 71.7 cm³/mol. The maximum atomic E-state index is 4.04. The van der Waals surface area contributed by atoms with Crippen LogP contribution in [0.5, 0.6) is 0 Å². The third-order valence-corrected chi connectivity index (χ3v) is 3.46. The van der Waals surface area contributed by atoms with Crippen LogP contribution in [0, 0.1) is 5.92 Å². The van der Waals surface area contributed by atoms with E-state index in [0.717, 1.165) is 6.54 Å². The molecule has 0 radical (unpaired) electrons. The van der Waals surface area contributed by atoms with Gasteiger partial charge in [0.2, 0.25) is 0 Å². The fraction of sp³-hybridized carbons (Fsp3) is 0.250. The minimum Gasteiger partial charge on any atom is -0.265 e. The number of aromatic nitrogens is 2. The Morgan fingerprint density at radius 2 is 1.78 bits per heavy atom. The van der Waals surface area contributed by atoms with E-state index >= 15 is 0 Å². The number of rotatable bonds is 3. The van der Waals surface area contributed by atoms with Crippen molar-refractivity contribution in [1.29, 1.82) is 0 Å². The van der Waals surface area contributed by atoms with Gasteiger partial charge in [-0.3, -0.25) is 4.98 Å². The first-order valence-corrected chi connectivity index (χ1v) is 6.48. The topological polar surface area (TPSA) is 16.8 Å². The first kappa shape index (κ1) is 11.1. The summed E-state index contributed by atoms with van der Waals surface area (Å²) >= 11 is 0. The largest absolute Gasteiger partial charge is 0.265 e. The molecule has 18 heavy (non-hydrogen) atoms. The van der Waals surface area contributed by atoms with Crippen LogP contribution < -0.4 is 4.57 Å². The molecule has 0 unspecified atom stereocenters. The monoisotopic (exact) mass is 237 g/mol. The van der Waals surface area contributed by atoms with E-state index in [-0.39, 0.29) is 0 Å². The summed E-state index contributed by atoms with van der Waals surface area (Å²) in [7, 11) is 0. The van der Waals surface area contributed by atoms with Crippen LogP contribution in [0.1, 0.15) is 12.8 Å². The van der Waals surface area contributed by atoms with Crippen molar-refractivity contribution in [2.45, 2.75) is 19.4 Å². The van der Waals surface area contributed by atoms with Gasteiger partial charge in [-0.2, -0.15) is 0 Å². The zero-order chi connectivity index (χ0) is 12.2. The lowest BCUT2D eigenvalue weighted by molar-refractivity contribution is -0.701. The van der Waals surface area contributed by atoms with E-state index in [2.05, 4.69) is 46.2 Å². The van der Waals surface area contributed by atoms with E-state index in [1.807, 2.05) is 24.5 Å². The molecule has 2 heteroatoms. The Hall–Kier alpha value is -1.96. The van der Waals surface area contributed by atoms with Crippen LogP contribution in [0.25, 0.3) is 11.1 Å². The molecule has 0 fully saturated rings. The molecule has 0 saturated carbocycles. The summed E-state index contributed by atoms with van der Waals surface area (Å²) in [5.41, 5.74) is 2.47. The summed E-state index contributed by atoms with van der Waals surface area (Å²) in [6, 6.07) is 8.43. The van der Waals surface area contributed by atoms with Crippen molar-refractivity contribution in [2.24, 2.45) is 5.92 Å². The highest BCUT2D eigenvalue weighted by atomic mass is 14.9. The van der Waals surface area contributed by atoms with E-state index in [1.165, 1.54) is 24.0 Å². The van der Waals surface area contributed by atoms with Crippen molar-refractivity contribution in [3.8, 4) is 11.1 Å². The van der Waals surface area contributed by atoms with Crippen molar-refractivity contribution in [1.82, 2.24) is 4.98 Å². The first-order chi connectivity index (χ1) is 8.92. The van der Waals surface area contributed by atoms with Crippen molar-refractivity contribution >= 4 is 0 Å². The average molecular weight is 237 g/mol. The van der Waals surface area contributed by atoms with Crippen LogP contribution in [0.3, 0.4) is 0 Å². The predicted octanol–water partition coefficient (Wildman–Crippen LogP) is 3.00. The summed E-state index contributed by atoms with van der Waals surface area (Å²) < 4.78 is 2.27. The molecule has 1 aliphatic rings. The lowest BCUT2D eigenvalue weighted by Gasteiger charge is -2.04. The van der Waals surface area contributed by atoms with Gasteiger partial charge in [0.15, 0.2) is 18.9 Å². The van der Waals surface area contributed by atoms with Crippen molar-refractivity contribution < 1.29 is 4.57 Å². The van der Waals surface area contributed by atoms with Gasteiger partial charge in [-0.05, 0) is 36.1 Å². The second-order valence-electron chi connectivity index (χ2n) is 4.79. The van der Waals surface area contributed by atoms with Crippen LogP contribution in [0.4, 0.5) is 0 Å². The maximum Gasteiger partial charge on any atom is 0.169 e. The minimum absolute atomic E-state index is 0.710. The molecule has 90 valence electrons. The Balaban J connectivity index is 1.75. The van der Waals surface area contributed by atoms with Gasteiger partial charge in [-0.15, -0.1) is 0 Å². The van der Waals surface area contributed by atoms with Crippen LogP contribution in [0.15, 0.2) is 61.2 Å². The summed E-state index contributed by atoms with van der Waals surface area (Å²) in [5, 5.41) is 0. The smallest absolute Gasteiger partial charge is 0.169 e. The second-order valence-corrected chi connectivity index (χ2v) is 4.79. The molecule has 0 saturated heterocycles. The molecule has 0 amide bonds. The fourth-order valence-electron chi connectivity index (χ4n) is 2.43. The van der Waals surface area contributed by atoms with Gasteiger partial charge in [0.05, 0.1) is 0 Å². The SMILES string of the molecule is C1=C[C@@H](C[n+]2ccc(-c3ccncc3)cc2)CC1. The summed E-state index contributed by atoms with van der Waals surface area (Å²) in [5.74, 6) is 0.710. The van der Waals surface area contributed by atoms with E-state index in [1.54, 1.807) is 0 Å². The molecule has 2 aromatic heterocycles. The van der Waals surface area contributed by atoms with Crippen LogP contribution in [-0.4, -0.2) is 4.98 Å². The highest BCUT2D eigenvalue weighted by molar-refractivity contribution is 5.61. The molecule has 2 nitrogen and oxygen atoms in total. The van der Waals surface area contributed by atoms with E-state index < -0.39 is 0 Å². The molecule has 0 spiro atoms. The normalized spacial score (nSPS) is 18.1. The highest BCUT2D eigenvalue weighted by Crippen LogP contribution is 2.18. The molecule has 0 bridgehead atoms. The van der Waals surface area contributed by atoms with Gasteiger partial charge >= 0.3 is 0 Å². The lowest BCUT2D eigenvalue weighted by atomic mass is 10.1. The Labute approximate surface area is 108 Å². The van der Waals surface area contributed by atoms with Gasteiger partial charge in [0.25, 0.3) is 0 Å². The Morgan fingerprint density at radius 1 is 1.06 bits per heavy atom. The zero-order valence-corrected chi connectivity index (χ0v) is 10.4. The summed E-state index contributed by atoms with van der Waals surface area (Å²) in [6.45, 7) is 1.09. The first-order valence-electron chi connectivity index (χ1n) is 6.48. The number of pyridine rings is 2. The van der Waals surface area contributed by atoms with Gasteiger partial charge in [-0.25, -0.2) is 4.57 Å². The van der Waals surface area contributed by atoms with Gasteiger partial charge in [-0.1, -0.05) is 12.2 Å². The molecular formula is C16H17N2+. The maximum absolute atomic E-state index is 4.04. The van der Waals surface area contributed by atoms with E-state index in [9.17, 15) is 0 Å². The lowest BCUT2D eigenvalue weighted by Crippen LogP contribution is -2.35. The van der Waals surface area contributed by atoms with E-state index in [4.69, 9.17) is 0 Å². The third kappa shape index (κ3) is 2.48. The number of hydrogen-bond donors (Lipinski definition) is 0. The highest BCUT2D eigenvalue weighted by Gasteiger charge is 2.14. The minimum atomic E-state index is 0.710. The number of hydrogen-bond acceptors (Lipinski definition) is 1. The van der Waals surface area contributed by atoms with Crippen LogP contribution in [0.2, 0.25) is 0 Å². The molecule has 2 heterocycles. The molecule has 0 N–H and O–H groups in total. The Morgan fingerprint density at radius 3 is 2.44 bits per heavy atom. The number of allylic oxidation sites excluding steroid dienone is 2. The second kappa shape index (κ2) is 5.13. The van der Waals surface area contributed by atoms with Gasteiger partial charge in [0, 0.05) is 30.4 Å². The summed E-state index contributed by atoms with van der Waals surface area (Å²) in [6.07, 6.45) is 15.2. The standard InChI is InChI=1S/C16H17N2/c1-2-4-14(3-1)13-18-11-7-16(8-12-18)15-5-9-17-10-6-15/h1,3,5-12,14H,2,4,13H2/q+1/t14-/m1/s1. The van der Waals surface area contributed by atoms with Crippen LogP contribution in [-0.2, 0) is 6.54 Å². The van der Waals surface area contributed by atoms with Gasteiger partial charge in [0.1, 0.15) is 0 Å². The van der Waals surface area contributed by atoms with Crippen molar-refractivity contribution in [3.05, 3.63) is 61.2 Å². The quantitative estimate of drug-likeness (QED) is 0.592. The van der Waals surface area contributed by atoms with Crippen LogP contribution >= 0.6 is 0 Å². The third-order valence-electron chi connectivity index (χ3n) is 3.46. The molecule has 0 aliphatic heterocycles. The zero-order valence-electron chi connectivity index (χ0n) is 10.4. The molecule has 1 atom stereocenters. The molecule has 2 aromatic rings. The fourth-order valence-corrected chi connectivity index (χ4v) is 2.43. The number of nitrogens with zero attached hydrogens (tertiary/aromatic N) is 2. The van der Waals surface area contributed by atoms with Crippen molar-refractivity contribution in [2.75, 3.05) is 0 Å². The summed E-state index contributed by atoms with van der Waals surface area (Å²) in [4.78, 5) is 4.04. The van der Waals surface area contributed by atoms with E-state index in [0.29, 0.717) is 5.92 Å². The molecular weight excluding hydrogens is 220 g/mol. The Bertz CT molecular complexity index is 529.